The van der Waals surface area contributed by atoms with Crippen molar-refractivity contribution in [3.63, 3.8) is 0 Å². The van der Waals surface area contributed by atoms with E-state index in [1.54, 1.807) is 23.1 Å². The summed E-state index contributed by atoms with van der Waals surface area (Å²) >= 11 is 0. The molecule has 3 rings (SSSR count). The lowest BCUT2D eigenvalue weighted by Gasteiger charge is -2.35. The molecule has 0 atom stereocenters. The Bertz CT molecular complexity index is 801. The van der Waals surface area contributed by atoms with Gasteiger partial charge in [0.1, 0.15) is 5.60 Å². The quantitative estimate of drug-likeness (QED) is 0.798. The zero-order chi connectivity index (χ0) is 17.3. The number of anilines is 1. The number of aromatic nitrogens is 1. The minimum absolute atomic E-state index is 0.294. The van der Waals surface area contributed by atoms with Crippen LogP contribution in [-0.4, -0.2) is 47.8 Å². The summed E-state index contributed by atoms with van der Waals surface area (Å²) < 4.78 is 10.7. The van der Waals surface area contributed by atoms with Gasteiger partial charge in [-0.05, 0) is 32.9 Å². The summed E-state index contributed by atoms with van der Waals surface area (Å²) in [6.07, 6.45) is -0.324. The molecule has 0 radical (unpaired) electrons. The van der Waals surface area contributed by atoms with Gasteiger partial charge in [0, 0.05) is 26.2 Å². The maximum atomic E-state index is 12.1. The number of hydrogen-bond acceptors (Lipinski definition) is 6. The van der Waals surface area contributed by atoms with Gasteiger partial charge in [0.15, 0.2) is 0 Å². The van der Waals surface area contributed by atoms with Crippen LogP contribution in [0.1, 0.15) is 20.8 Å². The van der Waals surface area contributed by atoms with Crippen molar-refractivity contribution >= 4 is 23.0 Å². The molecule has 0 aliphatic carbocycles. The minimum Gasteiger partial charge on any atom is -0.444 e. The van der Waals surface area contributed by atoms with Gasteiger partial charge in [-0.3, -0.25) is 0 Å². The molecule has 1 aromatic heterocycles. The first-order chi connectivity index (χ1) is 11.3. The van der Waals surface area contributed by atoms with E-state index in [-0.39, 0.29) is 6.09 Å². The van der Waals surface area contributed by atoms with Crippen molar-refractivity contribution in [2.75, 3.05) is 31.1 Å². The fraction of sp³-hybridized carbons (Fsp3) is 0.471. The second-order valence-corrected chi connectivity index (χ2v) is 6.76. The Labute approximate surface area is 139 Å². The first kappa shape index (κ1) is 16.3. The van der Waals surface area contributed by atoms with Crippen molar-refractivity contribution in [1.29, 1.82) is 0 Å². The van der Waals surface area contributed by atoms with E-state index in [9.17, 15) is 9.59 Å². The van der Waals surface area contributed by atoms with E-state index in [2.05, 4.69) is 4.98 Å². The predicted octanol–water partition coefficient (Wildman–Crippen LogP) is 2.25. The van der Waals surface area contributed by atoms with Crippen molar-refractivity contribution in [2.24, 2.45) is 0 Å². The number of para-hydroxylation sites is 1. The van der Waals surface area contributed by atoms with E-state index < -0.39 is 11.2 Å². The molecule has 1 saturated heterocycles. The number of benzene rings is 1. The van der Waals surface area contributed by atoms with E-state index in [1.807, 2.05) is 31.7 Å². The fourth-order valence-electron chi connectivity index (χ4n) is 2.55. The molecule has 1 aliphatic heterocycles. The lowest BCUT2D eigenvalue weighted by molar-refractivity contribution is 0.0238. The molecule has 0 spiro atoms. The Balaban J connectivity index is 1.71. The average molecular weight is 331 g/mol. The van der Waals surface area contributed by atoms with E-state index in [4.69, 9.17) is 9.15 Å². The van der Waals surface area contributed by atoms with Gasteiger partial charge in [-0.15, -0.1) is 0 Å². The molecule has 2 heterocycles. The molecule has 0 bridgehead atoms. The highest BCUT2D eigenvalue weighted by Crippen LogP contribution is 2.17. The number of fused-ring (bicyclic) bond motifs is 1. The molecular formula is C17H21N3O4. The number of amides is 1. The summed E-state index contributed by atoms with van der Waals surface area (Å²) in [7, 11) is 0. The highest BCUT2D eigenvalue weighted by Gasteiger charge is 2.27. The topological polar surface area (TPSA) is 75.9 Å². The third-order valence-corrected chi connectivity index (χ3v) is 3.73. The summed E-state index contributed by atoms with van der Waals surface area (Å²) in [5.41, 5.74) is -0.301. The van der Waals surface area contributed by atoms with Crippen LogP contribution in [0.3, 0.4) is 0 Å². The number of ether oxygens (including phenoxy) is 1. The molecule has 0 unspecified atom stereocenters. The van der Waals surface area contributed by atoms with Crippen molar-refractivity contribution < 1.29 is 13.9 Å². The Hall–Kier alpha value is -2.57. The Morgan fingerprint density at radius 3 is 2.50 bits per heavy atom. The largest absolute Gasteiger partial charge is 0.444 e. The molecule has 0 N–H and O–H groups in total. The summed E-state index contributed by atoms with van der Waals surface area (Å²) in [5.74, 6) is 0. The molecular weight excluding hydrogens is 310 g/mol. The van der Waals surface area contributed by atoms with Crippen LogP contribution in [0.5, 0.6) is 0 Å². The lowest BCUT2D eigenvalue weighted by atomic mass is 10.2. The molecule has 2 aromatic rings. The molecule has 24 heavy (non-hydrogen) atoms. The van der Waals surface area contributed by atoms with Gasteiger partial charge in [-0.1, -0.05) is 12.1 Å². The average Bonchev–Trinajstić information content (AvgIpc) is 2.53. The van der Waals surface area contributed by atoms with Crippen LogP contribution in [0.2, 0.25) is 0 Å². The highest BCUT2D eigenvalue weighted by molar-refractivity contribution is 5.77. The number of hydrogen-bond donors (Lipinski definition) is 0. The molecule has 0 saturated carbocycles. The van der Waals surface area contributed by atoms with Crippen molar-refractivity contribution in [1.82, 2.24) is 9.88 Å². The number of rotatable bonds is 1. The highest BCUT2D eigenvalue weighted by atomic mass is 16.6. The van der Waals surface area contributed by atoms with E-state index in [0.29, 0.717) is 43.1 Å². The lowest BCUT2D eigenvalue weighted by Crippen LogP contribution is -2.50. The number of nitrogens with zero attached hydrogens (tertiary/aromatic N) is 3. The van der Waals surface area contributed by atoms with Gasteiger partial charge >= 0.3 is 17.7 Å². The molecule has 1 amide bonds. The maximum absolute atomic E-state index is 12.1. The van der Waals surface area contributed by atoms with Gasteiger partial charge < -0.3 is 19.0 Å². The zero-order valence-electron chi connectivity index (χ0n) is 14.1. The smallest absolute Gasteiger partial charge is 0.410 e. The number of carbonyl (C=O) groups is 1. The van der Waals surface area contributed by atoms with Crippen LogP contribution in [0, 0.1) is 0 Å². The SMILES string of the molecule is CC(C)(C)OC(=O)N1CCN(c2nc3ccccc3c(=O)o2)CC1. The van der Waals surface area contributed by atoms with Gasteiger partial charge in [-0.2, -0.15) is 4.98 Å². The predicted molar refractivity (Wildman–Crippen MR) is 90.3 cm³/mol. The number of carbonyl (C=O) groups excluding carboxylic acids is 1. The Morgan fingerprint density at radius 1 is 1.17 bits per heavy atom. The first-order valence-corrected chi connectivity index (χ1v) is 7.96. The van der Waals surface area contributed by atoms with Gasteiger partial charge in [0.25, 0.3) is 0 Å². The molecule has 128 valence electrons. The maximum Gasteiger partial charge on any atom is 0.410 e. The van der Waals surface area contributed by atoms with Gasteiger partial charge in [-0.25, -0.2) is 9.59 Å². The van der Waals surface area contributed by atoms with E-state index >= 15 is 0 Å². The summed E-state index contributed by atoms with van der Waals surface area (Å²) in [4.78, 5) is 32.1. The zero-order valence-corrected chi connectivity index (χ0v) is 14.1. The van der Waals surface area contributed by atoms with E-state index in [1.165, 1.54) is 0 Å². The summed E-state index contributed by atoms with van der Waals surface area (Å²) in [5, 5.41) is 0.466. The first-order valence-electron chi connectivity index (χ1n) is 7.96. The molecule has 7 nitrogen and oxygen atoms in total. The third kappa shape index (κ3) is 3.50. The number of piperazine rings is 1. The van der Waals surface area contributed by atoms with Gasteiger partial charge in [0.05, 0.1) is 10.9 Å². The molecule has 1 aliphatic rings. The monoisotopic (exact) mass is 331 g/mol. The van der Waals surface area contributed by atoms with Crippen molar-refractivity contribution in [2.45, 2.75) is 26.4 Å². The fourth-order valence-corrected chi connectivity index (χ4v) is 2.55. The molecule has 7 heteroatoms. The minimum atomic E-state index is -0.513. The molecule has 1 aromatic carbocycles. The van der Waals surface area contributed by atoms with E-state index in [0.717, 1.165) is 0 Å². The van der Waals surface area contributed by atoms with Crippen molar-refractivity contribution in [3.05, 3.63) is 34.7 Å². The Morgan fingerprint density at radius 2 is 1.83 bits per heavy atom. The van der Waals surface area contributed by atoms with Crippen LogP contribution in [0.15, 0.2) is 33.5 Å². The van der Waals surface area contributed by atoms with Crippen LogP contribution < -0.4 is 10.5 Å². The third-order valence-electron chi connectivity index (χ3n) is 3.73. The summed E-state index contributed by atoms with van der Waals surface area (Å²) in [6.45, 7) is 7.58. The van der Waals surface area contributed by atoms with Crippen LogP contribution in [0.4, 0.5) is 10.8 Å². The van der Waals surface area contributed by atoms with Crippen LogP contribution in [-0.2, 0) is 4.74 Å². The van der Waals surface area contributed by atoms with Crippen LogP contribution >= 0.6 is 0 Å². The molecule has 1 fully saturated rings. The second kappa shape index (κ2) is 6.14. The second-order valence-electron chi connectivity index (χ2n) is 6.76. The Kier molecular flexibility index (Phi) is 4.17. The van der Waals surface area contributed by atoms with Gasteiger partial charge in [0.2, 0.25) is 0 Å². The van der Waals surface area contributed by atoms with Crippen molar-refractivity contribution in [3.8, 4) is 0 Å². The summed E-state index contributed by atoms with van der Waals surface area (Å²) in [6, 6.07) is 7.38. The standard InChI is InChI=1S/C17H21N3O4/c1-17(2,3)24-16(22)20-10-8-19(9-11-20)15-18-13-7-5-4-6-12(13)14(21)23-15/h4-7H,8-11H2,1-3H3. The normalized spacial score (nSPS) is 15.6. The van der Waals surface area contributed by atoms with Crippen LogP contribution in [0.25, 0.3) is 10.9 Å².